The van der Waals surface area contributed by atoms with Crippen LogP contribution < -0.4 is 0 Å². The SMILES string of the molecule is Cc1ncc(-c2nccnc2[C@H]2CCCN(C(=O)c3ccn(C)n3)C2)n1C. The lowest BCUT2D eigenvalue weighted by atomic mass is 9.92. The van der Waals surface area contributed by atoms with Gasteiger partial charge in [0.05, 0.1) is 17.6 Å². The van der Waals surface area contributed by atoms with E-state index in [1.165, 1.54) is 0 Å². The molecule has 27 heavy (non-hydrogen) atoms. The summed E-state index contributed by atoms with van der Waals surface area (Å²) in [4.78, 5) is 28.3. The zero-order valence-corrected chi connectivity index (χ0v) is 15.8. The van der Waals surface area contributed by atoms with Crippen LogP contribution >= 0.6 is 0 Å². The first-order valence-electron chi connectivity index (χ1n) is 9.13. The molecule has 1 saturated heterocycles. The van der Waals surface area contributed by atoms with Gasteiger partial charge in [-0.1, -0.05) is 0 Å². The van der Waals surface area contributed by atoms with E-state index in [1.807, 2.05) is 36.7 Å². The van der Waals surface area contributed by atoms with Gasteiger partial charge in [0.1, 0.15) is 17.2 Å². The molecule has 1 aliphatic heterocycles. The fourth-order valence-corrected chi connectivity index (χ4v) is 3.64. The normalized spacial score (nSPS) is 17.3. The second kappa shape index (κ2) is 6.94. The van der Waals surface area contributed by atoms with Gasteiger partial charge in [-0.25, -0.2) is 4.98 Å². The molecule has 8 heteroatoms. The lowest BCUT2D eigenvalue weighted by Gasteiger charge is -2.32. The Morgan fingerprint density at radius 3 is 2.70 bits per heavy atom. The van der Waals surface area contributed by atoms with E-state index in [0.717, 1.165) is 42.3 Å². The Morgan fingerprint density at radius 1 is 1.19 bits per heavy atom. The monoisotopic (exact) mass is 365 g/mol. The van der Waals surface area contributed by atoms with Gasteiger partial charge in [0, 0.05) is 51.7 Å². The highest BCUT2D eigenvalue weighted by Crippen LogP contribution is 2.32. The summed E-state index contributed by atoms with van der Waals surface area (Å²) in [6.07, 6.45) is 8.98. The molecular formula is C19H23N7O. The first-order valence-corrected chi connectivity index (χ1v) is 9.13. The van der Waals surface area contributed by atoms with Crippen molar-refractivity contribution in [3.63, 3.8) is 0 Å². The number of hydrogen-bond donors (Lipinski definition) is 0. The summed E-state index contributed by atoms with van der Waals surface area (Å²) in [5, 5.41) is 4.25. The number of imidazole rings is 1. The van der Waals surface area contributed by atoms with Gasteiger partial charge in [-0.05, 0) is 25.8 Å². The molecule has 1 aliphatic rings. The van der Waals surface area contributed by atoms with Crippen molar-refractivity contribution in [1.29, 1.82) is 0 Å². The van der Waals surface area contributed by atoms with Crippen LogP contribution in [0.3, 0.4) is 0 Å². The molecule has 0 bridgehead atoms. The quantitative estimate of drug-likeness (QED) is 0.708. The zero-order valence-electron chi connectivity index (χ0n) is 15.8. The molecule has 140 valence electrons. The maximum absolute atomic E-state index is 12.8. The largest absolute Gasteiger partial charge is 0.337 e. The van der Waals surface area contributed by atoms with Gasteiger partial charge in [-0.2, -0.15) is 5.10 Å². The second-order valence-electron chi connectivity index (χ2n) is 7.00. The van der Waals surface area contributed by atoms with Crippen LogP contribution in [0, 0.1) is 6.92 Å². The van der Waals surface area contributed by atoms with E-state index < -0.39 is 0 Å². The molecule has 0 spiro atoms. The molecule has 0 aliphatic carbocycles. The number of carbonyl (C=O) groups excluding carboxylic acids is 1. The van der Waals surface area contributed by atoms with Crippen LogP contribution in [0.1, 0.15) is 40.8 Å². The van der Waals surface area contributed by atoms with E-state index in [9.17, 15) is 4.79 Å². The number of piperidine rings is 1. The molecule has 3 aromatic heterocycles. The smallest absolute Gasteiger partial charge is 0.274 e. The lowest BCUT2D eigenvalue weighted by Crippen LogP contribution is -2.39. The maximum Gasteiger partial charge on any atom is 0.274 e. The van der Waals surface area contributed by atoms with Gasteiger partial charge < -0.3 is 9.47 Å². The number of amides is 1. The van der Waals surface area contributed by atoms with Gasteiger partial charge >= 0.3 is 0 Å². The molecule has 1 fully saturated rings. The molecule has 1 amide bonds. The first-order chi connectivity index (χ1) is 13.0. The molecule has 0 aromatic carbocycles. The van der Waals surface area contributed by atoms with Crippen molar-refractivity contribution in [3.05, 3.63) is 48.1 Å². The predicted octanol–water partition coefficient (Wildman–Crippen LogP) is 1.94. The molecule has 8 nitrogen and oxygen atoms in total. The van der Waals surface area contributed by atoms with E-state index in [4.69, 9.17) is 0 Å². The minimum Gasteiger partial charge on any atom is -0.337 e. The average Bonchev–Trinajstić information content (AvgIpc) is 3.27. The number of rotatable bonds is 3. The summed E-state index contributed by atoms with van der Waals surface area (Å²) >= 11 is 0. The third kappa shape index (κ3) is 3.22. The number of hydrogen-bond acceptors (Lipinski definition) is 5. The summed E-state index contributed by atoms with van der Waals surface area (Å²) in [5.41, 5.74) is 3.21. The fraction of sp³-hybridized carbons (Fsp3) is 0.421. The van der Waals surface area contributed by atoms with Crippen molar-refractivity contribution >= 4 is 5.91 Å². The van der Waals surface area contributed by atoms with Crippen molar-refractivity contribution in [2.24, 2.45) is 14.1 Å². The Morgan fingerprint density at radius 2 is 2.00 bits per heavy atom. The molecule has 1 atom stereocenters. The van der Waals surface area contributed by atoms with E-state index in [-0.39, 0.29) is 11.8 Å². The maximum atomic E-state index is 12.8. The highest BCUT2D eigenvalue weighted by molar-refractivity contribution is 5.92. The van der Waals surface area contributed by atoms with Gasteiger partial charge in [0.15, 0.2) is 0 Å². The summed E-state index contributed by atoms with van der Waals surface area (Å²) in [6.45, 7) is 3.33. The van der Waals surface area contributed by atoms with E-state index >= 15 is 0 Å². The Hall–Kier alpha value is -3.03. The standard InChI is InChI=1S/C19H23N7O/c1-13-22-11-16(25(13)3)18-17(20-7-8-21-18)14-5-4-9-26(12-14)19(27)15-6-10-24(2)23-15/h6-8,10-11,14H,4-5,9,12H2,1-3H3/t14-/m0/s1. The number of nitrogens with zero attached hydrogens (tertiary/aromatic N) is 7. The highest BCUT2D eigenvalue weighted by atomic mass is 16.2. The number of carbonyl (C=O) groups is 1. The van der Waals surface area contributed by atoms with Gasteiger partial charge in [-0.15, -0.1) is 0 Å². The van der Waals surface area contributed by atoms with Crippen LogP contribution in [0.25, 0.3) is 11.4 Å². The minimum atomic E-state index is -0.0258. The third-order valence-corrected chi connectivity index (χ3v) is 5.22. The second-order valence-corrected chi connectivity index (χ2v) is 7.00. The molecule has 0 saturated carbocycles. The van der Waals surface area contributed by atoms with Crippen LogP contribution in [0.15, 0.2) is 30.9 Å². The molecule has 4 rings (SSSR count). The Bertz CT molecular complexity index is 974. The van der Waals surface area contributed by atoms with E-state index in [0.29, 0.717) is 12.2 Å². The summed E-state index contributed by atoms with van der Waals surface area (Å²) in [6, 6.07) is 1.76. The van der Waals surface area contributed by atoms with E-state index in [2.05, 4.69) is 20.1 Å². The third-order valence-electron chi connectivity index (χ3n) is 5.22. The fourth-order valence-electron chi connectivity index (χ4n) is 3.64. The zero-order chi connectivity index (χ0) is 19.0. The Kier molecular flexibility index (Phi) is 4.47. The predicted molar refractivity (Wildman–Crippen MR) is 100 cm³/mol. The van der Waals surface area contributed by atoms with Crippen molar-refractivity contribution in [2.45, 2.75) is 25.7 Å². The number of aromatic nitrogens is 6. The summed E-state index contributed by atoms with van der Waals surface area (Å²) in [7, 11) is 3.80. The molecule has 0 unspecified atom stereocenters. The molecular weight excluding hydrogens is 342 g/mol. The van der Waals surface area contributed by atoms with Crippen molar-refractivity contribution in [2.75, 3.05) is 13.1 Å². The Balaban J connectivity index is 1.62. The molecule has 3 aromatic rings. The van der Waals surface area contributed by atoms with Gasteiger partial charge in [0.25, 0.3) is 5.91 Å². The van der Waals surface area contributed by atoms with Crippen LogP contribution in [-0.4, -0.2) is 53.2 Å². The summed E-state index contributed by atoms with van der Waals surface area (Å²) < 4.78 is 3.67. The van der Waals surface area contributed by atoms with Crippen LogP contribution in [0.4, 0.5) is 0 Å². The average molecular weight is 365 g/mol. The number of likely N-dealkylation sites (tertiary alicyclic amines) is 1. The first kappa shape index (κ1) is 17.4. The van der Waals surface area contributed by atoms with Gasteiger partial charge in [0.2, 0.25) is 0 Å². The molecule has 0 radical (unpaired) electrons. The Labute approximate surface area is 157 Å². The van der Waals surface area contributed by atoms with E-state index in [1.54, 1.807) is 29.3 Å². The van der Waals surface area contributed by atoms with Crippen LogP contribution in [-0.2, 0) is 14.1 Å². The lowest BCUT2D eigenvalue weighted by molar-refractivity contribution is 0.0699. The van der Waals surface area contributed by atoms with Crippen molar-refractivity contribution in [1.82, 2.24) is 34.2 Å². The van der Waals surface area contributed by atoms with Crippen LogP contribution in [0.2, 0.25) is 0 Å². The topological polar surface area (TPSA) is 81.7 Å². The minimum absolute atomic E-state index is 0.0258. The molecule has 0 N–H and O–H groups in total. The van der Waals surface area contributed by atoms with Crippen LogP contribution in [0.5, 0.6) is 0 Å². The highest BCUT2D eigenvalue weighted by Gasteiger charge is 2.29. The summed E-state index contributed by atoms with van der Waals surface area (Å²) in [5.74, 6) is 1.05. The van der Waals surface area contributed by atoms with Gasteiger partial charge in [-0.3, -0.25) is 19.4 Å². The number of aryl methyl sites for hydroxylation is 2. The van der Waals surface area contributed by atoms with Crippen molar-refractivity contribution < 1.29 is 4.79 Å². The van der Waals surface area contributed by atoms with Crippen molar-refractivity contribution in [3.8, 4) is 11.4 Å². The molecule has 4 heterocycles.